The van der Waals surface area contributed by atoms with Gasteiger partial charge in [-0.1, -0.05) is 24.9 Å². The lowest BCUT2D eigenvalue weighted by Gasteiger charge is -2.44. The minimum Gasteiger partial charge on any atom is -0.364 e. The number of halogens is 1. The summed E-state index contributed by atoms with van der Waals surface area (Å²) in [5.41, 5.74) is 1.21. The van der Waals surface area contributed by atoms with Crippen molar-refractivity contribution >= 4 is 29.9 Å². The van der Waals surface area contributed by atoms with Crippen LogP contribution in [0, 0.1) is 5.92 Å². The lowest BCUT2D eigenvalue weighted by atomic mass is 9.75. The summed E-state index contributed by atoms with van der Waals surface area (Å²) in [5.74, 6) is 1.86. The molecule has 1 aromatic rings. The van der Waals surface area contributed by atoms with Crippen LogP contribution in [-0.2, 0) is 6.54 Å². The van der Waals surface area contributed by atoms with Crippen LogP contribution in [0.2, 0.25) is 0 Å². The van der Waals surface area contributed by atoms with Gasteiger partial charge in [-0.05, 0) is 39.8 Å². The maximum Gasteiger partial charge on any atom is 0.194 e. The Morgan fingerprint density at radius 3 is 2.69 bits per heavy atom. The molecule has 166 valence electrons. The number of rotatable bonds is 6. The number of piperazine rings is 1. The van der Waals surface area contributed by atoms with Gasteiger partial charge in [0, 0.05) is 50.9 Å². The van der Waals surface area contributed by atoms with Crippen LogP contribution in [0.15, 0.2) is 21.8 Å². The number of hydrogen-bond donors (Lipinski definition) is 1. The molecule has 1 saturated heterocycles. The Bertz CT molecular complexity index is 615. The third kappa shape index (κ3) is 6.55. The monoisotopic (exact) mass is 518 g/mol. The fraction of sp³-hybridized carbons (Fsp3) is 0.810. The number of likely N-dealkylation sites (N-methyl/N-ethyl adjacent to an activating group) is 1. The summed E-state index contributed by atoms with van der Waals surface area (Å²) in [5, 5.41) is 7.57. The number of aromatic nitrogens is 1. The normalized spacial score (nSPS) is 26.4. The van der Waals surface area contributed by atoms with E-state index in [1.54, 1.807) is 6.26 Å². The van der Waals surface area contributed by atoms with E-state index < -0.39 is 0 Å². The van der Waals surface area contributed by atoms with Crippen molar-refractivity contribution in [2.24, 2.45) is 10.9 Å². The van der Waals surface area contributed by atoms with E-state index in [1.807, 2.05) is 6.07 Å². The van der Waals surface area contributed by atoms with Crippen molar-refractivity contribution in [3.63, 3.8) is 0 Å². The summed E-state index contributed by atoms with van der Waals surface area (Å²) in [7, 11) is 4.45. The Labute approximate surface area is 193 Å². The highest BCUT2D eigenvalue weighted by atomic mass is 127. The van der Waals surface area contributed by atoms with E-state index in [-0.39, 0.29) is 29.5 Å². The third-order valence-corrected chi connectivity index (χ3v) is 6.42. The van der Waals surface area contributed by atoms with Crippen LogP contribution in [0.3, 0.4) is 0 Å². The first kappa shape index (κ1) is 24.4. The molecule has 7 nitrogen and oxygen atoms in total. The minimum absolute atomic E-state index is 0. The number of aliphatic imine (C=N–C) groups is 1. The van der Waals surface area contributed by atoms with Gasteiger partial charge < -0.3 is 19.6 Å². The minimum atomic E-state index is 0. The zero-order valence-electron chi connectivity index (χ0n) is 18.6. The Morgan fingerprint density at radius 1 is 1.34 bits per heavy atom. The van der Waals surface area contributed by atoms with Crippen LogP contribution in [0.25, 0.3) is 0 Å². The van der Waals surface area contributed by atoms with Crippen LogP contribution in [0.5, 0.6) is 0 Å². The molecule has 3 rings (SSSR count). The van der Waals surface area contributed by atoms with Crippen molar-refractivity contribution in [1.82, 2.24) is 25.2 Å². The predicted molar refractivity (Wildman–Crippen MR) is 129 cm³/mol. The third-order valence-electron chi connectivity index (χ3n) is 6.42. The summed E-state index contributed by atoms with van der Waals surface area (Å²) in [6.07, 6.45) is 6.81. The zero-order chi connectivity index (χ0) is 20.0. The maximum atomic E-state index is 5.13. The van der Waals surface area contributed by atoms with Gasteiger partial charge in [-0.2, -0.15) is 0 Å². The highest BCUT2D eigenvalue weighted by molar-refractivity contribution is 14.0. The van der Waals surface area contributed by atoms with Crippen LogP contribution < -0.4 is 5.32 Å². The smallest absolute Gasteiger partial charge is 0.194 e. The first-order valence-electron chi connectivity index (χ1n) is 10.8. The number of hydrogen-bond acceptors (Lipinski definition) is 5. The van der Waals surface area contributed by atoms with Gasteiger partial charge >= 0.3 is 0 Å². The molecular formula is C21H39IN6O. The molecule has 29 heavy (non-hydrogen) atoms. The molecule has 1 saturated carbocycles. The van der Waals surface area contributed by atoms with E-state index in [0.29, 0.717) is 0 Å². The van der Waals surface area contributed by atoms with E-state index in [9.17, 15) is 0 Å². The quantitative estimate of drug-likeness (QED) is 0.355. The Balaban J connectivity index is 0.00000300. The number of nitrogens with zero attached hydrogens (tertiary/aromatic N) is 5. The molecule has 2 fully saturated rings. The highest BCUT2D eigenvalue weighted by Crippen LogP contribution is 2.36. The second-order valence-electron chi connectivity index (χ2n) is 8.74. The number of nitrogens with one attached hydrogen (secondary N) is 1. The van der Waals surface area contributed by atoms with Crippen molar-refractivity contribution in [1.29, 1.82) is 0 Å². The van der Waals surface area contributed by atoms with Crippen molar-refractivity contribution in [3.8, 4) is 0 Å². The molecule has 0 aromatic carbocycles. The summed E-state index contributed by atoms with van der Waals surface area (Å²) >= 11 is 0. The largest absolute Gasteiger partial charge is 0.364 e. The Morgan fingerprint density at radius 2 is 2.10 bits per heavy atom. The highest BCUT2D eigenvalue weighted by Gasteiger charge is 2.37. The van der Waals surface area contributed by atoms with Gasteiger partial charge in [0.15, 0.2) is 5.96 Å². The van der Waals surface area contributed by atoms with Crippen LogP contribution in [0.4, 0.5) is 0 Å². The molecule has 1 aliphatic heterocycles. The van der Waals surface area contributed by atoms with Crippen molar-refractivity contribution < 1.29 is 4.52 Å². The van der Waals surface area contributed by atoms with Crippen molar-refractivity contribution in [2.75, 3.05) is 53.4 Å². The van der Waals surface area contributed by atoms with Crippen molar-refractivity contribution in [3.05, 3.63) is 18.0 Å². The van der Waals surface area contributed by atoms with Crippen LogP contribution in [-0.4, -0.2) is 84.7 Å². The number of guanidine groups is 1. The molecular weight excluding hydrogens is 479 g/mol. The zero-order valence-corrected chi connectivity index (χ0v) is 20.9. The van der Waals surface area contributed by atoms with E-state index in [4.69, 9.17) is 9.52 Å². The summed E-state index contributed by atoms with van der Waals surface area (Å²) in [4.78, 5) is 12.4. The maximum absolute atomic E-state index is 5.13. The Kier molecular flexibility index (Phi) is 9.68. The lowest BCUT2D eigenvalue weighted by molar-refractivity contribution is 0.0839. The lowest BCUT2D eigenvalue weighted by Crippen LogP contribution is -2.54. The second-order valence-corrected chi connectivity index (χ2v) is 8.74. The fourth-order valence-corrected chi connectivity index (χ4v) is 4.64. The van der Waals surface area contributed by atoms with Crippen molar-refractivity contribution in [2.45, 2.75) is 51.6 Å². The molecule has 0 bridgehead atoms. The van der Waals surface area contributed by atoms with Crippen LogP contribution in [0.1, 0.15) is 45.2 Å². The Hall–Kier alpha value is -0.870. The molecule has 1 N–H and O–H groups in total. The summed E-state index contributed by atoms with van der Waals surface area (Å²) in [6.45, 7) is 11.2. The molecule has 0 amide bonds. The van der Waals surface area contributed by atoms with E-state index >= 15 is 0 Å². The first-order valence-corrected chi connectivity index (χ1v) is 10.8. The molecule has 2 aliphatic rings. The summed E-state index contributed by atoms with van der Waals surface area (Å²) < 4.78 is 4.95. The van der Waals surface area contributed by atoms with Crippen LogP contribution >= 0.6 is 24.0 Å². The van der Waals surface area contributed by atoms with Gasteiger partial charge in [0.1, 0.15) is 6.26 Å². The van der Waals surface area contributed by atoms with Gasteiger partial charge in [0.05, 0.1) is 12.2 Å². The molecule has 0 spiro atoms. The van der Waals surface area contributed by atoms with Gasteiger partial charge in [-0.3, -0.25) is 9.89 Å². The molecule has 0 radical (unpaired) electrons. The standard InChI is InChI=1S/C21H38N6O.HI/c1-5-22-20(23-17-21(25(3)4)9-6-7-18(2)15-21)27-12-10-26(11-13-27)16-19-8-14-28-24-19;/h8,14,18H,5-7,9-13,15-17H2,1-4H3,(H,22,23);1H. The van der Waals surface area contributed by atoms with Gasteiger partial charge in [0.2, 0.25) is 0 Å². The molecule has 1 aliphatic carbocycles. The van der Waals surface area contributed by atoms with E-state index in [1.165, 1.54) is 25.7 Å². The molecule has 2 heterocycles. The molecule has 2 atom stereocenters. The van der Waals surface area contributed by atoms with E-state index in [0.717, 1.165) is 63.4 Å². The molecule has 8 heteroatoms. The summed E-state index contributed by atoms with van der Waals surface area (Å²) in [6, 6.07) is 1.95. The molecule has 1 aromatic heterocycles. The van der Waals surface area contributed by atoms with Gasteiger partial charge in [-0.25, -0.2) is 0 Å². The first-order chi connectivity index (χ1) is 13.5. The van der Waals surface area contributed by atoms with Gasteiger partial charge in [0.25, 0.3) is 0 Å². The topological polar surface area (TPSA) is 60.1 Å². The fourth-order valence-electron chi connectivity index (χ4n) is 4.64. The average Bonchev–Trinajstić information content (AvgIpc) is 3.19. The average molecular weight is 518 g/mol. The van der Waals surface area contributed by atoms with E-state index in [2.05, 4.69) is 53.1 Å². The van der Waals surface area contributed by atoms with Gasteiger partial charge in [-0.15, -0.1) is 24.0 Å². The SMILES string of the molecule is CCNC(=NCC1(N(C)C)CCCC(C)C1)N1CCN(Cc2ccon2)CC1.I. The second kappa shape index (κ2) is 11.5. The molecule has 2 unspecified atom stereocenters. The predicted octanol–water partition coefficient (Wildman–Crippen LogP) is 2.89.